The Labute approximate surface area is 124 Å². The van der Waals surface area contributed by atoms with Crippen LogP contribution in [0.5, 0.6) is 5.75 Å². The van der Waals surface area contributed by atoms with E-state index in [0.717, 1.165) is 12.0 Å². The molecule has 0 fully saturated rings. The minimum Gasteiger partial charge on any atom is -0.508 e. The number of benzene rings is 1. The van der Waals surface area contributed by atoms with Gasteiger partial charge in [0.25, 0.3) is 0 Å². The lowest BCUT2D eigenvalue weighted by atomic mass is 10.0. The first-order valence-corrected chi connectivity index (χ1v) is 6.96. The highest BCUT2D eigenvalue weighted by molar-refractivity contribution is 5.83. The molecule has 2 atom stereocenters. The summed E-state index contributed by atoms with van der Waals surface area (Å²) < 4.78 is 0. The number of carboxylic acid groups (broad SMARTS) is 1. The average Bonchev–Trinajstić information content (AvgIpc) is 2.46. The molecule has 21 heavy (non-hydrogen) atoms. The van der Waals surface area contributed by atoms with Gasteiger partial charge in [0.2, 0.25) is 5.91 Å². The summed E-state index contributed by atoms with van der Waals surface area (Å²) in [7, 11) is 0. The number of hydrogen-bond acceptors (Lipinski definition) is 4. The number of phenols is 1. The fourth-order valence-corrected chi connectivity index (χ4v) is 1.98. The van der Waals surface area contributed by atoms with Gasteiger partial charge in [-0.3, -0.25) is 4.79 Å². The maximum Gasteiger partial charge on any atom is 0.326 e. The summed E-state index contributed by atoms with van der Waals surface area (Å²) in [6, 6.07) is 5.24. The van der Waals surface area contributed by atoms with Crippen LogP contribution < -0.4 is 11.1 Å². The number of carbonyl (C=O) groups is 2. The van der Waals surface area contributed by atoms with Crippen LogP contribution >= 0.6 is 0 Å². The molecule has 0 spiro atoms. The Hall–Kier alpha value is -2.08. The number of rotatable bonds is 8. The summed E-state index contributed by atoms with van der Waals surface area (Å²) in [5, 5.41) is 20.9. The van der Waals surface area contributed by atoms with Crippen LogP contribution in [0.4, 0.5) is 0 Å². The van der Waals surface area contributed by atoms with Gasteiger partial charge in [-0.2, -0.15) is 0 Å². The smallest absolute Gasteiger partial charge is 0.326 e. The van der Waals surface area contributed by atoms with Crippen LogP contribution in [-0.4, -0.2) is 34.7 Å². The van der Waals surface area contributed by atoms with E-state index < -0.39 is 12.0 Å². The molecule has 1 rings (SSSR count). The van der Waals surface area contributed by atoms with Crippen molar-refractivity contribution in [3.63, 3.8) is 0 Å². The zero-order valence-electron chi connectivity index (χ0n) is 12.1. The number of aliphatic carboxylic acids is 1. The highest BCUT2D eigenvalue weighted by Crippen LogP contribution is 2.12. The second kappa shape index (κ2) is 8.26. The molecule has 6 nitrogen and oxygen atoms in total. The second-order valence-electron chi connectivity index (χ2n) is 5.04. The second-order valence-corrected chi connectivity index (χ2v) is 5.04. The highest BCUT2D eigenvalue weighted by Gasteiger charge is 2.21. The molecular formula is C15H22N2O4. The molecule has 0 bridgehead atoms. The zero-order valence-corrected chi connectivity index (χ0v) is 12.1. The lowest BCUT2D eigenvalue weighted by Gasteiger charge is -2.17. The molecule has 5 N–H and O–H groups in total. The van der Waals surface area contributed by atoms with Gasteiger partial charge in [0.05, 0.1) is 0 Å². The number of amides is 1. The van der Waals surface area contributed by atoms with Gasteiger partial charge < -0.3 is 21.3 Å². The van der Waals surface area contributed by atoms with Crippen molar-refractivity contribution in [2.75, 3.05) is 6.54 Å². The van der Waals surface area contributed by atoms with Gasteiger partial charge in [-0.15, -0.1) is 0 Å². The van der Waals surface area contributed by atoms with Crippen molar-refractivity contribution in [1.29, 1.82) is 0 Å². The Bertz CT molecular complexity index is 469. The quantitative estimate of drug-likeness (QED) is 0.568. The monoisotopic (exact) mass is 294 g/mol. The van der Waals surface area contributed by atoms with Crippen LogP contribution in [-0.2, 0) is 16.0 Å². The van der Waals surface area contributed by atoms with Gasteiger partial charge in [-0.05, 0) is 30.2 Å². The van der Waals surface area contributed by atoms with Gasteiger partial charge in [-0.25, -0.2) is 4.79 Å². The summed E-state index contributed by atoms with van der Waals surface area (Å²) >= 11 is 0. The van der Waals surface area contributed by atoms with Crippen LogP contribution in [0.1, 0.15) is 25.3 Å². The van der Waals surface area contributed by atoms with E-state index in [1.807, 2.05) is 6.92 Å². The van der Waals surface area contributed by atoms with E-state index in [2.05, 4.69) is 5.32 Å². The first-order chi connectivity index (χ1) is 9.96. The largest absolute Gasteiger partial charge is 0.508 e. The van der Waals surface area contributed by atoms with Crippen LogP contribution in [0.3, 0.4) is 0 Å². The topological polar surface area (TPSA) is 113 Å². The van der Waals surface area contributed by atoms with Crippen molar-refractivity contribution in [2.24, 2.45) is 11.7 Å². The van der Waals surface area contributed by atoms with Crippen molar-refractivity contribution in [1.82, 2.24) is 5.32 Å². The Morgan fingerprint density at radius 2 is 1.90 bits per heavy atom. The highest BCUT2D eigenvalue weighted by atomic mass is 16.4. The molecule has 0 aliphatic rings. The van der Waals surface area contributed by atoms with E-state index in [1.54, 1.807) is 12.1 Å². The fraction of sp³-hybridized carbons (Fsp3) is 0.467. The van der Waals surface area contributed by atoms with Gasteiger partial charge in [0, 0.05) is 12.8 Å². The van der Waals surface area contributed by atoms with Crippen molar-refractivity contribution in [3.8, 4) is 5.75 Å². The number of carbonyl (C=O) groups excluding carboxylic acids is 1. The van der Waals surface area contributed by atoms with E-state index >= 15 is 0 Å². The van der Waals surface area contributed by atoms with E-state index in [4.69, 9.17) is 5.73 Å². The molecule has 0 heterocycles. The molecular weight excluding hydrogens is 272 g/mol. The predicted molar refractivity (Wildman–Crippen MR) is 78.8 cm³/mol. The van der Waals surface area contributed by atoms with Crippen molar-refractivity contribution >= 4 is 11.9 Å². The van der Waals surface area contributed by atoms with Gasteiger partial charge in [-0.1, -0.05) is 25.5 Å². The van der Waals surface area contributed by atoms with Gasteiger partial charge in [0.15, 0.2) is 0 Å². The third-order valence-electron chi connectivity index (χ3n) is 3.39. The molecule has 116 valence electrons. The standard InChI is InChI=1S/C15H22N2O4/c1-2-10(9-16)8-14(19)17-13(15(20)21)7-11-3-5-12(18)6-4-11/h3-6,10,13,18H,2,7-9,16H2,1H3,(H,17,19)(H,20,21). The van der Waals surface area contributed by atoms with Crippen molar-refractivity contribution < 1.29 is 19.8 Å². The maximum absolute atomic E-state index is 11.9. The molecule has 1 aromatic rings. The summed E-state index contributed by atoms with van der Waals surface area (Å²) in [6.45, 7) is 2.34. The average molecular weight is 294 g/mol. The van der Waals surface area contributed by atoms with E-state index in [1.165, 1.54) is 12.1 Å². The molecule has 1 aromatic carbocycles. The summed E-state index contributed by atoms with van der Waals surface area (Å²) in [5.41, 5.74) is 6.27. The van der Waals surface area contributed by atoms with E-state index in [-0.39, 0.29) is 30.4 Å². The minimum absolute atomic E-state index is 0.0631. The van der Waals surface area contributed by atoms with Crippen LogP contribution in [0.25, 0.3) is 0 Å². The Morgan fingerprint density at radius 1 is 1.29 bits per heavy atom. The number of nitrogens with one attached hydrogen (secondary N) is 1. The maximum atomic E-state index is 11.9. The van der Waals surface area contributed by atoms with Crippen LogP contribution in [0, 0.1) is 5.92 Å². The van der Waals surface area contributed by atoms with Gasteiger partial charge >= 0.3 is 5.97 Å². The van der Waals surface area contributed by atoms with Gasteiger partial charge in [0.1, 0.15) is 11.8 Å². The van der Waals surface area contributed by atoms with Crippen LogP contribution in [0.2, 0.25) is 0 Å². The molecule has 0 saturated heterocycles. The first-order valence-electron chi connectivity index (χ1n) is 6.96. The summed E-state index contributed by atoms with van der Waals surface area (Å²) in [5.74, 6) is -1.22. The summed E-state index contributed by atoms with van der Waals surface area (Å²) in [4.78, 5) is 23.1. The molecule has 1 amide bonds. The van der Waals surface area contributed by atoms with Crippen molar-refractivity contribution in [3.05, 3.63) is 29.8 Å². The lowest BCUT2D eigenvalue weighted by molar-refractivity contribution is -0.141. The molecule has 6 heteroatoms. The van der Waals surface area contributed by atoms with Crippen molar-refractivity contribution in [2.45, 2.75) is 32.2 Å². The Kier molecular flexibility index (Phi) is 6.68. The molecule has 2 unspecified atom stereocenters. The number of phenolic OH excluding ortho intramolecular Hbond substituents is 1. The molecule has 0 radical (unpaired) electrons. The third-order valence-corrected chi connectivity index (χ3v) is 3.39. The molecule has 0 aromatic heterocycles. The van der Waals surface area contributed by atoms with Crippen LogP contribution in [0.15, 0.2) is 24.3 Å². The molecule has 0 saturated carbocycles. The lowest BCUT2D eigenvalue weighted by Crippen LogP contribution is -2.43. The minimum atomic E-state index is -1.09. The molecule has 0 aliphatic heterocycles. The Balaban J connectivity index is 2.63. The number of aromatic hydroxyl groups is 1. The first kappa shape index (κ1) is 17.0. The number of carboxylic acids is 1. The number of nitrogens with two attached hydrogens (primary N) is 1. The van der Waals surface area contributed by atoms with E-state index in [9.17, 15) is 19.8 Å². The molecule has 0 aliphatic carbocycles. The fourth-order valence-electron chi connectivity index (χ4n) is 1.98. The zero-order chi connectivity index (χ0) is 15.8. The number of hydrogen-bond donors (Lipinski definition) is 4. The predicted octanol–water partition coefficient (Wildman–Crippen LogP) is 0.879. The Morgan fingerprint density at radius 3 is 2.38 bits per heavy atom. The summed E-state index contributed by atoms with van der Waals surface area (Å²) in [6.07, 6.45) is 1.17. The third kappa shape index (κ3) is 5.83. The SMILES string of the molecule is CCC(CN)CC(=O)NC(Cc1ccc(O)cc1)C(=O)O. The normalized spacial score (nSPS) is 13.4. The van der Waals surface area contributed by atoms with E-state index in [0.29, 0.717) is 6.54 Å².